The van der Waals surface area contributed by atoms with Crippen molar-refractivity contribution in [2.24, 2.45) is 0 Å². The van der Waals surface area contributed by atoms with Crippen LogP contribution in [0.4, 0.5) is 5.69 Å². The number of nitrogens with one attached hydrogen (secondary N) is 1. The van der Waals surface area contributed by atoms with Gasteiger partial charge in [0.2, 0.25) is 6.04 Å². The number of aromatic nitrogens is 1. The average Bonchev–Trinajstić information content (AvgIpc) is 2.54. The number of benzene rings is 1. The molecule has 0 aliphatic carbocycles. The van der Waals surface area contributed by atoms with Crippen molar-refractivity contribution >= 4 is 23.2 Å². The molecule has 0 aliphatic rings. The molecule has 1 aromatic carbocycles. The van der Waals surface area contributed by atoms with Crippen LogP contribution in [0.3, 0.4) is 0 Å². The first kappa shape index (κ1) is 16.3. The molecule has 0 unspecified atom stereocenters. The molecule has 116 valence electrons. The second-order valence-electron chi connectivity index (χ2n) is 5.02. The molecule has 0 aliphatic heterocycles. The molecule has 0 spiro atoms. The minimum absolute atomic E-state index is 0.130. The monoisotopic (exact) mass is 319 g/mol. The Labute approximate surface area is 135 Å². The zero-order valence-corrected chi connectivity index (χ0v) is 13.7. The van der Waals surface area contributed by atoms with Gasteiger partial charge >= 0.3 is 0 Å². The first-order valence-corrected chi connectivity index (χ1v) is 7.57. The van der Waals surface area contributed by atoms with E-state index < -0.39 is 0 Å². The number of ether oxygens (including phenoxy) is 1. The van der Waals surface area contributed by atoms with Crippen molar-refractivity contribution in [3.8, 4) is 5.75 Å². The molecule has 0 saturated heterocycles. The largest absolute Gasteiger partial charge is 0.495 e. The molecular weight excluding hydrogens is 300 g/mol. The number of amides is 1. The predicted molar refractivity (Wildman–Crippen MR) is 87.4 cm³/mol. The Morgan fingerprint density at radius 3 is 2.59 bits per heavy atom. The fraction of sp³-hybridized carbons (Fsp3) is 0.294. The Bertz CT molecular complexity index is 656. The van der Waals surface area contributed by atoms with Gasteiger partial charge in [0, 0.05) is 24.1 Å². The van der Waals surface area contributed by atoms with Gasteiger partial charge < -0.3 is 10.1 Å². The Morgan fingerprint density at radius 2 is 2.00 bits per heavy atom. The molecule has 0 bridgehead atoms. The van der Waals surface area contributed by atoms with Gasteiger partial charge in [-0.15, -0.1) is 0 Å². The van der Waals surface area contributed by atoms with Crippen molar-refractivity contribution < 1.29 is 14.1 Å². The number of carbonyl (C=O) groups is 1. The SMILES string of the molecule is CCc1cc[n+]([C@H](C)C(=O)Nc2cc(Cl)ccc2OC)cc1. The van der Waals surface area contributed by atoms with E-state index in [0.717, 1.165) is 6.42 Å². The van der Waals surface area contributed by atoms with Gasteiger partial charge in [-0.25, -0.2) is 0 Å². The molecule has 1 amide bonds. The third-order valence-corrected chi connectivity index (χ3v) is 3.81. The van der Waals surface area contributed by atoms with Crippen LogP contribution >= 0.6 is 11.6 Å². The highest BCUT2D eigenvalue weighted by Crippen LogP contribution is 2.28. The lowest BCUT2D eigenvalue weighted by Gasteiger charge is -2.12. The quantitative estimate of drug-likeness (QED) is 0.858. The fourth-order valence-electron chi connectivity index (χ4n) is 2.11. The van der Waals surface area contributed by atoms with Crippen LogP contribution in [-0.2, 0) is 11.2 Å². The molecule has 1 atom stereocenters. The third-order valence-electron chi connectivity index (χ3n) is 3.58. The number of methoxy groups -OCH3 is 1. The second kappa shape index (κ2) is 7.27. The van der Waals surface area contributed by atoms with Crippen LogP contribution in [0.25, 0.3) is 0 Å². The highest BCUT2D eigenvalue weighted by molar-refractivity contribution is 6.31. The van der Waals surface area contributed by atoms with Gasteiger partial charge in [0.05, 0.1) is 12.8 Å². The normalized spacial score (nSPS) is 11.8. The summed E-state index contributed by atoms with van der Waals surface area (Å²) < 4.78 is 7.10. The Balaban J connectivity index is 2.15. The lowest BCUT2D eigenvalue weighted by atomic mass is 10.2. The highest BCUT2D eigenvalue weighted by atomic mass is 35.5. The molecule has 1 N–H and O–H groups in total. The van der Waals surface area contributed by atoms with E-state index >= 15 is 0 Å². The van der Waals surface area contributed by atoms with E-state index in [9.17, 15) is 4.79 Å². The van der Waals surface area contributed by atoms with Gasteiger partial charge in [-0.3, -0.25) is 4.79 Å². The van der Waals surface area contributed by atoms with Crippen molar-refractivity contribution in [2.75, 3.05) is 12.4 Å². The van der Waals surface area contributed by atoms with Crippen LogP contribution in [0.15, 0.2) is 42.7 Å². The van der Waals surface area contributed by atoms with Gasteiger partial charge in [-0.2, -0.15) is 4.57 Å². The van der Waals surface area contributed by atoms with Gasteiger partial charge in [0.1, 0.15) is 5.75 Å². The predicted octanol–water partition coefficient (Wildman–Crippen LogP) is 3.40. The van der Waals surface area contributed by atoms with E-state index in [0.29, 0.717) is 16.5 Å². The van der Waals surface area contributed by atoms with Crippen LogP contribution in [-0.4, -0.2) is 13.0 Å². The van der Waals surface area contributed by atoms with Gasteiger partial charge in [0.25, 0.3) is 5.91 Å². The van der Waals surface area contributed by atoms with Crippen molar-refractivity contribution in [1.82, 2.24) is 0 Å². The van der Waals surface area contributed by atoms with E-state index in [4.69, 9.17) is 16.3 Å². The first-order chi connectivity index (χ1) is 10.5. The summed E-state index contributed by atoms with van der Waals surface area (Å²) in [5.41, 5.74) is 1.80. The van der Waals surface area contributed by atoms with Crippen molar-refractivity contribution in [3.05, 3.63) is 53.3 Å². The summed E-state index contributed by atoms with van der Waals surface area (Å²) in [4.78, 5) is 12.4. The fourth-order valence-corrected chi connectivity index (χ4v) is 2.29. The minimum atomic E-state index is -0.338. The number of hydrogen-bond donors (Lipinski definition) is 1. The molecule has 1 aromatic heterocycles. The first-order valence-electron chi connectivity index (χ1n) is 7.19. The van der Waals surface area contributed by atoms with E-state index in [1.54, 1.807) is 25.3 Å². The number of anilines is 1. The molecular formula is C17H20ClN2O2+. The zero-order valence-electron chi connectivity index (χ0n) is 13.0. The third kappa shape index (κ3) is 3.77. The topological polar surface area (TPSA) is 42.2 Å². The van der Waals surface area contributed by atoms with Crippen LogP contribution in [0, 0.1) is 0 Å². The van der Waals surface area contributed by atoms with Crippen molar-refractivity contribution in [1.29, 1.82) is 0 Å². The summed E-state index contributed by atoms with van der Waals surface area (Å²) in [5.74, 6) is 0.450. The molecule has 1 heterocycles. The summed E-state index contributed by atoms with van der Waals surface area (Å²) in [5, 5.41) is 3.41. The molecule has 2 aromatic rings. The lowest BCUT2D eigenvalue weighted by Crippen LogP contribution is -2.44. The van der Waals surface area contributed by atoms with Gasteiger partial charge in [-0.1, -0.05) is 18.5 Å². The molecule has 0 radical (unpaired) electrons. The number of rotatable bonds is 5. The second-order valence-corrected chi connectivity index (χ2v) is 5.45. The Hall–Kier alpha value is -2.07. The number of aryl methyl sites for hydroxylation is 1. The number of nitrogens with zero attached hydrogens (tertiary/aromatic N) is 1. The molecule has 0 saturated carbocycles. The average molecular weight is 320 g/mol. The highest BCUT2D eigenvalue weighted by Gasteiger charge is 2.22. The lowest BCUT2D eigenvalue weighted by molar-refractivity contribution is -0.705. The van der Waals surface area contributed by atoms with Gasteiger partial charge in [-0.05, 0) is 30.2 Å². The van der Waals surface area contributed by atoms with E-state index in [2.05, 4.69) is 12.2 Å². The summed E-state index contributed by atoms with van der Waals surface area (Å²) in [6.07, 6.45) is 4.80. The standard InChI is InChI=1S/C17H19ClN2O2/c1-4-13-7-9-20(10-8-13)12(2)17(21)19-15-11-14(18)5-6-16(15)22-3/h5-12H,4H2,1-3H3/p+1/t12-/m1/s1. The van der Waals surface area contributed by atoms with Crippen LogP contribution < -0.4 is 14.6 Å². The molecule has 4 nitrogen and oxygen atoms in total. The van der Waals surface area contributed by atoms with Gasteiger partial charge in [0.15, 0.2) is 12.4 Å². The maximum Gasteiger partial charge on any atom is 0.293 e. The molecule has 22 heavy (non-hydrogen) atoms. The van der Waals surface area contributed by atoms with Crippen molar-refractivity contribution in [2.45, 2.75) is 26.3 Å². The van der Waals surface area contributed by atoms with E-state index in [-0.39, 0.29) is 11.9 Å². The number of halogens is 1. The molecule has 2 rings (SSSR count). The zero-order chi connectivity index (χ0) is 16.1. The van der Waals surface area contributed by atoms with E-state index in [1.165, 1.54) is 5.56 Å². The van der Waals surface area contributed by atoms with Crippen LogP contribution in [0.2, 0.25) is 5.02 Å². The van der Waals surface area contributed by atoms with Crippen LogP contribution in [0.1, 0.15) is 25.5 Å². The minimum Gasteiger partial charge on any atom is -0.495 e. The summed E-state index contributed by atoms with van der Waals surface area (Å²) in [7, 11) is 1.56. The van der Waals surface area contributed by atoms with Crippen LogP contribution in [0.5, 0.6) is 5.75 Å². The molecule has 5 heteroatoms. The van der Waals surface area contributed by atoms with Crippen molar-refractivity contribution in [3.63, 3.8) is 0 Å². The number of hydrogen-bond acceptors (Lipinski definition) is 2. The Kier molecular flexibility index (Phi) is 5.39. The number of carbonyl (C=O) groups excluding carboxylic acids is 1. The maximum absolute atomic E-state index is 12.4. The summed E-state index contributed by atoms with van der Waals surface area (Å²) in [6.45, 7) is 3.94. The smallest absolute Gasteiger partial charge is 0.293 e. The summed E-state index contributed by atoms with van der Waals surface area (Å²) in [6, 6.07) is 8.82. The Morgan fingerprint density at radius 1 is 1.32 bits per heavy atom. The maximum atomic E-state index is 12.4. The van der Waals surface area contributed by atoms with E-state index in [1.807, 2.05) is 36.0 Å². The molecule has 0 fully saturated rings. The summed E-state index contributed by atoms with van der Waals surface area (Å²) >= 11 is 5.98. The number of pyridine rings is 1.